The second kappa shape index (κ2) is 7.85. The van der Waals surface area contributed by atoms with E-state index in [1.807, 2.05) is 18.2 Å². The van der Waals surface area contributed by atoms with Crippen molar-refractivity contribution in [3.63, 3.8) is 0 Å². The largest absolute Gasteiger partial charge is 0.396 e. The Balaban J connectivity index is 2.01. The predicted molar refractivity (Wildman–Crippen MR) is 91.2 cm³/mol. The number of aliphatic hydroxyl groups excluding tert-OH is 1. The molecule has 21 heavy (non-hydrogen) atoms. The molecule has 3 heteroatoms. The van der Waals surface area contributed by atoms with E-state index in [-0.39, 0.29) is 12.0 Å². The van der Waals surface area contributed by atoms with Gasteiger partial charge in [-0.1, -0.05) is 49.4 Å². The van der Waals surface area contributed by atoms with Crippen LogP contribution in [0.15, 0.2) is 18.2 Å². The average molecular weight is 329 g/mol. The minimum atomic E-state index is -0.00294. The zero-order valence-corrected chi connectivity index (χ0v) is 14.4. The Morgan fingerprint density at radius 3 is 2.57 bits per heavy atom. The lowest BCUT2D eigenvalue weighted by Gasteiger charge is -2.39. The second-order valence-corrected chi connectivity index (χ2v) is 7.50. The van der Waals surface area contributed by atoms with Crippen molar-refractivity contribution in [2.45, 2.75) is 58.3 Å². The maximum Gasteiger partial charge on any atom is 0.0490 e. The zero-order chi connectivity index (χ0) is 15.3. The molecule has 0 aliphatic heterocycles. The summed E-state index contributed by atoms with van der Waals surface area (Å²) in [5.74, 6) is 0.847. The SMILES string of the molecule is CCCCC1CCC(CO)(Cc2cc(Cl)ccc2Cl)CC1. The molecule has 0 spiro atoms. The molecular formula is C18H26Cl2O. The normalized spacial score (nSPS) is 26.0. The molecule has 0 saturated heterocycles. The summed E-state index contributed by atoms with van der Waals surface area (Å²) in [6.07, 6.45) is 9.45. The van der Waals surface area contributed by atoms with Gasteiger partial charge in [0, 0.05) is 16.7 Å². The van der Waals surface area contributed by atoms with E-state index in [2.05, 4.69) is 6.92 Å². The molecule has 1 aromatic carbocycles. The van der Waals surface area contributed by atoms with Crippen LogP contribution in [0.4, 0.5) is 0 Å². The number of halogens is 2. The van der Waals surface area contributed by atoms with Crippen LogP contribution in [0.1, 0.15) is 57.4 Å². The Labute approximate surface area is 138 Å². The maximum absolute atomic E-state index is 9.95. The lowest BCUT2D eigenvalue weighted by molar-refractivity contribution is 0.0621. The van der Waals surface area contributed by atoms with Crippen LogP contribution in [0.5, 0.6) is 0 Å². The van der Waals surface area contributed by atoms with Gasteiger partial charge in [-0.25, -0.2) is 0 Å². The fourth-order valence-electron chi connectivity index (χ4n) is 3.55. The number of hydrogen-bond acceptors (Lipinski definition) is 1. The summed E-state index contributed by atoms with van der Waals surface area (Å²) in [6, 6.07) is 5.63. The first-order valence-corrected chi connectivity index (χ1v) is 8.89. The van der Waals surface area contributed by atoms with Gasteiger partial charge in [0.2, 0.25) is 0 Å². The van der Waals surface area contributed by atoms with E-state index in [0.29, 0.717) is 0 Å². The zero-order valence-electron chi connectivity index (χ0n) is 12.9. The molecule has 0 bridgehead atoms. The molecule has 1 aromatic rings. The van der Waals surface area contributed by atoms with E-state index in [9.17, 15) is 5.11 Å². The van der Waals surface area contributed by atoms with Crippen molar-refractivity contribution in [1.82, 2.24) is 0 Å². The van der Waals surface area contributed by atoms with Crippen LogP contribution >= 0.6 is 23.2 Å². The summed E-state index contributed by atoms with van der Waals surface area (Å²) < 4.78 is 0. The number of rotatable bonds is 6. The van der Waals surface area contributed by atoms with Gasteiger partial charge in [0.15, 0.2) is 0 Å². The van der Waals surface area contributed by atoms with Crippen molar-refractivity contribution < 1.29 is 5.11 Å². The fraction of sp³-hybridized carbons (Fsp3) is 0.667. The van der Waals surface area contributed by atoms with Gasteiger partial charge in [-0.05, 0) is 67.2 Å². The molecule has 2 rings (SSSR count). The quantitative estimate of drug-likeness (QED) is 0.689. The molecule has 1 fully saturated rings. The van der Waals surface area contributed by atoms with Crippen molar-refractivity contribution in [1.29, 1.82) is 0 Å². The maximum atomic E-state index is 9.95. The Morgan fingerprint density at radius 1 is 1.24 bits per heavy atom. The molecule has 1 saturated carbocycles. The number of hydrogen-bond donors (Lipinski definition) is 1. The standard InChI is InChI=1S/C18H26Cl2O/c1-2-3-4-14-7-9-18(13-21,10-8-14)12-15-11-16(19)5-6-17(15)20/h5-6,11,14,21H,2-4,7-10,12-13H2,1H3. The highest BCUT2D eigenvalue weighted by molar-refractivity contribution is 6.33. The van der Waals surface area contributed by atoms with Crippen LogP contribution in [-0.4, -0.2) is 11.7 Å². The number of unbranched alkanes of at least 4 members (excludes halogenated alkanes) is 1. The van der Waals surface area contributed by atoms with Gasteiger partial charge in [-0.2, -0.15) is 0 Å². The van der Waals surface area contributed by atoms with Gasteiger partial charge in [0.05, 0.1) is 0 Å². The van der Waals surface area contributed by atoms with Crippen molar-refractivity contribution in [3.8, 4) is 0 Å². The van der Waals surface area contributed by atoms with Crippen LogP contribution in [-0.2, 0) is 6.42 Å². The third-order valence-electron chi connectivity index (χ3n) is 5.04. The molecule has 0 radical (unpaired) electrons. The summed E-state index contributed by atoms with van der Waals surface area (Å²) in [5, 5.41) is 11.4. The van der Waals surface area contributed by atoms with E-state index in [1.54, 1.807) is 0 Å². The fourth-order valence-corrected chi connectivity index (χ4v) is 3.92. The summed E-state index contributed by atoms with van der Waals surface area (Å²) >= 11 is 12.4. The van der Waals surface area contributed by atoms with Crippen molar-refractivity contribution in [2.24, 2.45) is 11.3 Å². The van der Waals surface area contributed by atoms with Gasteiger partial charge in [-0.3, -0.25) is 0 Å². The minimum absolute atomic E-state index is 0.00294. The third-order valence-corrected chi connectivity index (χ3v) is 5.64. The molecule has 118 valence electrons. The van der Waals surface area contributed by atoms with Crippen LogP contribution in [0, 0.1) is 11.3 Å². The number of benzene rings is 1. The summed E-state index contributed by atoms with van der Waals surface area (Å²) in [5.41, 5.74) is 1.07. The lowest BCUT2D eigenvalue weighted by Crippen LogP contribution is -2.33. The van der Waals surface area contributed by atoms with Crippen molar-refractivity contribution in [3.05, 3.63) is 33.8 Å². The predicted octanol–water partition coefficient (Wildman–Crippen LogP) is 5.90. The molecule has 1 N–H and O–H groups in total. The molecule has 1 aliphatic rings. The van der Waals surface area contributed by atoms with Gasteiger partial charge in [-0.15, -0.1) is 0 Å². The van der Waals surface area contributed by atoms with Crippen LogP contribution in [0.2, 0.25) is 10.0 Å². The van der Waals surface area contributed by atoms with E-state index >= 15 is 0 Å². The topological polar surface area (TPSA) is 20.2 Å². The molecule has 0 amide bonds. The lowest BCUT2D eigenvalue weighted by atomic mass is 9.67. The summed E-state index contributed by atoms with van der Waals surface area (Å²) in [7, 11) is 0. The Kier molecular flexibility index (Phi) is 6.40. The monoisotopic (exact) mass is 328 g/mol. The van der Waals surface area contributed by atoms with E-state index < -0.39 is 0 Å². The Morgan fingerprint density at radius 2 is 1.95 bits per heavy atom. The first-order chi connectivity index (χ1) is 10.1. The molecule has 0 atom stereocenters. The van der Waals surface area contributed by atoms with Gasteiger partial charge < -0.3 is 5.11 Å². The smallest absolute Gasteiger partial charge is 0.0490 e. The summed E-state index contributed by atoms with van der Waals surface area (Å²) in [6.45, 7) is 2.50. The highest BCUT2D eigenvalue weighted by atomic mass is 35.5. The first-order valence-electron chi connectivity index (χ1n) is 8.13. The Hall–Kier alpha value is -0.240. The highest BCUT2D eigenvalue weighted by Gasteiger charge is 2.35. The molecule has 1 aliphatic carbocycles. The van der Waals surface area contributed by atoms with E-state index in [1.165, 1.54) is 32.1 Å². The van der Waals surface area contributed by atoms with Gasteiger partial charge in [0.1, 0.15) is 0 Å². The van der Waals surface area contributed by atoms with Crippen molar-refractivity contribution >= 4 is 23.2 Å². The third kappa shape index (κ3) is 4.61. The molecule has 0 aromatic heterocycles. The average Bonchev–Trinajstić information content (AvgIpc) is 2.50. The van der Waals surface area contributed by atoms with Crippen LogP contribution < -0.4 is 0 Å². The highest BCUT2D eigenvalue weighted by Crippen LogP contribution is 2.43. The van der Waals surface area contributed by atoms with Gasteiger partial charge >= 0.3 is 0 Å². The molecule has 1 nitrogen and oxygen atoms in total. The van der Waals surface area contributed by atoms with E-state index in [0.717, 1.165) is 40.8 Å². The first kappa shape index (κ1) is 17.1. The van der Waals surface area contributed by atoms with Crippen LogP contribution in [0.25, 0.3) is 0 Å². The Bertz CT molecular complexity index is 451. The number of aliphatic hydroxyl groups is 1. The molecular weight excluding hydrogens is 303 g/mol. The molecule has 0 unspecified atom stereocenters. The molecule has 0 heterocycles. The van der Waals surface area contributed by atoms with Crippen LogP contribution in [0.3, 0.4) is 0 Å². The minimum Gasteiger partial charge on any atom is -0.396 e. The van der Waals surface area contributed by atoms with E-state index in [4.69, 9.17) is 23.2 Å². The summed E-state index contributed by atoms with van der Waals surface area (Å²) in [4.78, 5) is 0. The second-order valence-electron chi connectivity index (χ2n) is 6.66. The van der Waals surface area contributed by atoms with Gasteiger partial charge in [0.25, 0.3) is 0 Å². The van der Waals surface area contributed by atoms with Crippen molar-refractivity contribution in [2.75, 3.05) is 6.61 Å².